The van der Waals surface area contributed by atoms with Crippen molar-refractivity contribution in [1.29, 1.82) is 0 Å². The van der Waals surface area contributed by atoms with Crippen LogP contribution in [0, 0.1) is 5.82 Å². The van der Waals surface area contributed by atoms with E-state index in [-0.39, 0.29) is 42.6 Å². The molecule has 5 nitrogen and oxygen atoms in total. The fourth-order valence-corrected chi connectivity index (χ4v) is 3.88. The van der Waals surface area contributed by atoms with Gasteiger partial charge in [0.25, 0.3) is 0 Å². The molecule has 2 unspecified atom stereocenters. The third-order valence-corrected chi connectivity index (χ3v) is 5.17. The highest BCUT2D eigenvalue weighted by Crippen LogP contribution is 2.34. The van der Waals surface area contributed by atoms with E-state index in [0.29, 0.717) is 12.8 Å². The minimum absolute atomic E-state index is 0.0609. The van der Waals surface area contributed by atoms with E-state index in [9.17, 15) is 19.1 Å². The lowest BCUT2D eigenvalue weighted by Gasteiger charge is -2.27. The Morgan fingerprint density at radius 1 is 1.33 bits per heavy atom. The van der Waals surface area contributed by atoms with Crippen LogP contribution in [0.15, 0.2) is 24.3 Å². The number of hydrogen-bond donors (Lipinski definition) is 2. The van der Waals surface area contributed by atoms with E-state index in [2.05, 4.69) is 5.32 Å². The third-order valence-electron chi connectivity index (χ3n) is 5.17. The zero-order valence-electron chi connectivity index (χ0n) is 13.8. The van der Waals surface area contributed by atoms with Gasteiger partial charge in [0.05, 0.1) is 24.1 Å². The molecule has 2 N–H and O–H groups in total. The number of amides is 2. The fraction of sp³-hybridized carbons (Fsp3) is 0.556. The van der Waals surface area contributed by atoms with Crippen molar-refractivity contribution in [2.24, 2.45) is 0 Å². The molecule has 1 aromatic rings. The van der Waals surface area contributed by atoms with E-state index in [1.807, 2.05) is 0 Å². The van der Waals surface area contributed by atoms with Crippen molar-refractivity contribution in [2.45, 2.75) is 56.2 Å². The van der Waals surface area contributed by atoms with Crippen LogP contribution in [0.1, 0.15) is 50.1 Å². The first-order valence-electron chi connectivity index (χ1n) is 8.41. The first kappa shape index (κ1) is 16.9. The standard InChI is InChI=1S/C18H23FN2O3/c1-21-16(23)10-14(17(21)12-4-6-13(19)7-5-12)20-15(22)11-18(24)8-2-3-9-18/h4-7,14,17,24H,2-3,8-11H2,1H3,(H,20,22). The normalized spacial score (nSPS) is 26.0. The second-order valence-corrected chi connectivity index (χ2v) is 6.99. The Kier molecular flexibility index (Phi) is 4.58. The number of rotatable bonds is 4. The van der Waals surface area contributed by atoms with Gasteiger partial charge in [0.1, 0.15) is 5.82 Å². The predicted octanol–water partition coefficient (Wildman–Crippen LogP) is 1.91. The van der Waals surface area contributed by atoms with Gasteiger partial charge < -0.3 is 15.3 Å². The van der Waals surface area contributed by atoms with Crippen molar-refractivity contribution in [3.8, 4) is 0 Å². The molecule has 6 heteroatoms. The highest BCUT2D eigenvalue weighted by atomic mass is 19.1. The van der Waals surface area contributed by atoms with Crippen molar-refractivity contribution < 1.29 is 19.1 Å². The van der Waals surface area contributed by atoms with E-state index in [4.69, 9.17) is 0 Å². The second kappa shape index (κ2) is 6.51. The van der Waals surface area contributed by atoms with Gasteiger partial charge in [0.2, 0.25) is 11.8 Å². The molecule has 3 rings (SSSR count). The lowest BCUT2D eigenvalue weighted by atomic mass is 9.96. The van der Waals surface area contributed by atoms with Crippen molar-refractivity contribution in [1.82, 2.24) is 10.2 Å². The van der Waals surface area contributed by atoms with Crippen LogP contribution < -0.4 is 5.32 Å². The van der Waals surface area contributed by atoms with Gasteiger partial charge >= 0.3 is 0 Å². The maximum atomic E-state index is 13.1. The lowest BCUT2D eigenvalue weighted by molar-refractivity contribution is -0.128. The molecule has 24 heavy (non-hydrogen) atoms. The molecule has 2 amide bonds. The Morgan fingerprint density at radius 3 is 2.58 bits per heavy atom. The quantitative estimate of drug-likeness (QED) is 0.884. The summed E-state index contributed by atoms with van der Waals surface area (Å²) in [4.78, 5) is 26.0. The summed E-state index contributed by atoms with van der Waals surface area (Å²) in [7, 11) is 1.69. The topological polar surface area (TPSA) is 69.6 Å². The molecule has 2 atom stereocenters. The van der Waals surface area contributed by atoms with Crippen LogP contribution in [-0.4, -0.2) is 40.5 Å². The number of carbonyl (C=O) groups is 2. The minimum Gasteiger partial charge on any atom is -0.389 e. The maximum Gasteiger partial charge on any atom is 0.225 e. The number of aliphatic hydroxyl groups is 1. The van der Waals surface area contributed by atoms with Gasteiger partial charge in [0, 0.05) is 13.5 Å². The summed E-state index contributed by atoms with van der Waals surface area (Å²) in [5, 5.41) is 13.3. The number of benzene rings is 1. The lowest BCUT2D eigenvalue weighted by Crippen LogP contribution is -2.42. The zero-order valence-corrected chi connectivity index (χ0v) is 13.8. The smallest absolute Gasteiger partial charge is 0.225 e. The molecule has 0 spiro atoms. The Labute approximate surface area is 140 Å². The van der Waals surface area contributed by atoms with Gasteiger partial charge in [-0.05, 0) is 30.5 Å². The molecule has 1 aromatic carbocycles. The van der Waals surface area contributed by atoms with Gasteiger partial charge in [-0.3, -0.25) is 9.59 Å². The van der Waals surface area contributed by atoms with E-state index in [0.717, 1.165) is 18.4 Å². The van der Waals surface area contributed by atoms with Crippen LogP contribution >= 0.6 is 0 Å². The van der Waals surface area contributed by atoms with Gasteiger partial charge in [-0.25, -0.2) is 4.39 Å². The van der Waals surface area contributed by atoms with Crippen LogP contribution in [0.4, 0.5) is 4.39 Å². The fourth-order valence-electron chi connectivity index (χ4n) is 3.88. The van der Waals surface area contributed by atoms with E-state index in [1.165, 1.54) is 12.1 Å². The number of hydrogen-bond acceptors (Lipinski definition) is 3. The molecule has 1 aliphatic carbocycles. The number of nitrogens with one attached hydrogen (secondary N) is 1. The third kappa shape index (κ3) is 3.43. The molecule has 1 saturated carbocycles. The van der Waals surface area contributed by atoms with Crippen molar-refractivity contribution in [2.75, 3.05) is 7.05 Å². The highest BCUT2D eigenvalue weighted by molar-refractivity contribution is 5.83. The van der Waals surface area contributed by atoms with Crippen molar-refractivity contribution in [3.05, 3.63) is 35.6 Å². The van der Waals surface area contributed by atoms with Crippen LogP contribution in [0.3, 0.4) is 0 Å². The molecule has 0 radical (unpaired) electrons. The van der Waals surface area contributed by atoms with Crippen molar-refractivity contribution in [3.63, 3.8) is 0 Å². The molecule has 130 valence electrons. The summed E-state index contributed by atoms with van der Waals surface area (Å²) in [5.74, 6) is -0.636. The largest absolute Gasteiger partial charge is 0.389 e. The van der Waals surface area contributed by atoms with Gasteiger partial charge in [0.15, 0.2) is 0 Å². The summed E-state index contributed by atoms with van der Waals surface area (Å²) in [6.07, 6.45) is 3.44. The molecule has 1 saturated heterocycles. The monoisotopic (exact) mass is 334 g/mol. The van der Waals surface area contributed by atoms with Gasteiger partial charge in [-0.2, -0.15) is 0 Å². The number of likely N-dealkylation sites (N-methyl/N-ethyl adjacent to an activating group) is 1. The summed E-state index contributed by atoms with van der Waals surface area (Å²) in [5.41, 5.74) is -0.126. The van der Waals surface area contributed by atoms with Crippen LogP contribution in [0.25, 0.3) is 0 Å². The van der Waals surface area contributed by atoms with Gasteiger partial charge in [-0.15, -0.1) is 0 Å². The first-order chi connectivity index (χ1) is 11.4. The van der Waals surface area contributed by atoms with Crippen LogP contribution in [0.5, 0.6) is 0 Å². The van der Waals surface area contributed by atoms with E-state index in [1.54, 1.807) is 24.1 Å². The number of nitrogens with zero attached hydrogens (tertiary/aromatic N) is 1. The van der Waals surface area contributed by atoms with Crippen LogP contribution in [-0.2, 0) is 9.59 Å². The molecule has 2 aliphatic rings. The molecule has 2 fully saturated rings. The van der Waals surface area contributed by atoms with E-state index < -0.39 is 5.60 Å². The highest BCUT2D eigenvalue weighted by Gasteiger charge is 2.40. The minimum atomic E-state index is -0.913. The Balaban J connectivity index is 1.71. The summed E-state index contributed by atoms with van der Waals surface area (Å²) >= 11 is 0. The summed E-state index contributed by atoms with van der Waals surface area (Å²) < 4.78 is 13.1. The molecule has 1 aliphatic heterocycles. The molecular weight excluding hydrogens is 311 g/mol. The van der Waals surface area contributed by atoms with E-state index >= 15 is 0 Å². The first-order valence-corrected chi connectivity index (χ1v) is 8.41. The van der Waals surface area contributed by atoms with Crippen LogP contribution in [0.2, 0.25) is 0 Å². The second-order valence-electron chi connectivity index (χ2n) is 6.99. The summed E-state index contributed by atoms with van der Waals surface area (Å²) in [6, 6.07) is 5.29. The predicted molar refractivity (Wildman–Crippen MR) is 86.5 cm³/mol. The molecular formula is C18H23FN2O3. The number of likely N-dealkylation sites (tertiary alicyclic amines) is 1. The Morgan fingerprint density at radius 2 is 1.96 bits per heavy atom. The number of halogens is 1. The average molecular weight is 334 g/mol. The van der Waals surface area contributed by atoms with Crippen molar-refractivity contribution >= 4 is 11.8 Å². The Hall–Kier alpha value is -1.95. The molecule has 0 aromatic heterocycles. The summed E-state index contributed by atoms with van der Waals surface area (Å²) in [6.45, 7) is 0. The number of carbonyl (C=O) groups excluding carboxylic acids is 2. The zero-order chi connectivity index (χ0) is 17.3. The maximum absolute atomic E-state index is 13.1. The molecule has 1 heterocycles. The Bertz CT molecular complexity index is 626. The van der Waals surface area contributed by atoms with Gasteiger partial charge in [-0.1, -0.05) is 25.0 Å². The SMILES string of the molecule is CN1C(=O)CC(NC(=O)CC2(O)CCCC2)C1c1ccc(F)cc1. The average Bonchev–Trinajstić information content (AvgIpc) is 3.05. The molecule has 0 bridgehead atoms.